The van der Waals surface area contributed by atoms with Gasteiger partial charge in [0.25, 0.3) is 10.0 Å². The molecule has 9 heteroatoms. The topological polar surface area (TPSA) is 67.2 Å². The van der Waals surface area contributed by atoms with Crippen molar-refractivity contribution < 1.29 is 17.2 Å². The Bertz CT molecular complexity index is 1320. The number of aromatic nitrogens is 2. The zero-order valence-corrected chi connectivity index (χ0v) is 20.6. The van der Waals surface area contributed by atoms with Gasteiger partial charge in [-0.1, -0.05) is 18.2 Å². The number of hydrogen-bond acceptors (Lipinski definition) is 4. The summed E-state index contributed by atoms with van der Waals surface area (Å²) >= 11 is 0. The van der Waals surface area contributed by atoms with Gasteiger partial charge in [-0.2, -0.15) is 0 Å². The van der Waals surface area contributed by atoms with Crippen LogP contribution in [-0.2, 0) is 36.3 Å². The molecule has 0 radical (unpaired) electrons. The maximum absolute atomic E-state index is 15.0. The third kappa shape index (κ3) is 5.32. The first-order chi connectivity index (χ1) is 16.8. The van der Waals surface area contributed by atoms with E-state index in [1.807, 2.05) is 12.1 Å². The van der Waals surface area contributed by atoms with Crippen molar-refractivity contribution in [2.75, 3.05) is 26.2 Å². The molecular weight excluding hydrogens is 470 g/mol. The normalized spacial score (nSPS) is 20.1. The average molecular weight is 501 g/mol. The summed E-state index contributed by atoms with van der Waals surface area (Å²) in [4.78, 5) is 6.31. The van der Waals surface area contributed by atoms with E-state index in [-0.39, 0.29) is 35.5 Å². The molecule has 2 aromatic carbocycles. The molecule has 1 aliphatic heterocycles. The summed E-state index contributed by atoms with van der Waals surface area (Å²) in [5.41, 5.74) is 3.53. The minimum Gasteiger partial charge on any atom is -0.339 e. The van der Waals surface area contributed by atoms with E-state index in [1.165, 1.54) is 25.0 Å². The number of nitrogens with zero attached hydrogens (tertiary/aromatic N) is 3. The number of nitrogens with one attached hydrogen (secondary N) is 1. The van der Waals surface area contributed by atoms with Gasteiger partial charge in [-0.05, 0) is 91.1 Å². The van der Waals surface area contributed by atoms with Crippen molar-refractivity contribution in [3.8, 4) is 0 Å². The molecule has 2 atom stereocenters. The SMILES string of the molecule is Cn1cnc(S(=O)(=O)NCCc2cc3c(cc2F)CC(CN2CCC2)C3Cc2cccc(F)c2)c1. The minimum absolute atomic E-state index is 0.0570. The van der Waals surface area contributed by atoms with Gasteiger partial charge in [-0.3, -0.25) is 0 Å². The van der Waals surface area contributed by atoms with Crippen LogP contribution in [0.5, 0.6) is 0 Å². The first-order valence-electron chi connectivity index (χ1n) is 12.0. The molecule has 186 valence electrons. The predicted octanol–water partition coefficient (Wildman–Crippen LogP) is 3.42. The van der Waals surface area contributed by atoms with E-state index in [0.717, 1.165) is 42.7 Å². The van der Waals surface area contributed by atoms with Crippen LogP contribution in [0.4, 0.5) is 8.78 Å². The van der Waals surface area contributed by atoms with E-state index in [2.05, 4.69) is 14.6 Å². The lowest BCUT2D eigenvalue weighted by Gasteiger charge is -2.35. The van der Waals surface area contributed by atoms with E-state index >= 15 is 4.39 Å². The molecule has 1 N–H and O–H groups in total. The number of imidazole rings is 1. The standard InChI is InChI=1S/C26H30F2N4O2S/c1-31-16-26(29-17-31)35(33,34)30-7-6-19-13-24-20(14-25(19)28)12-21(15-32-8-3-9-32)23(24)11-18-4-2-5-22(27)10-18/h2,4-5,10,13-14,16-17,21,23,30H,3,6-9,11-12,15H2,1H3. The zero-order chi connectivity index (χ0) is 24.6. The Morgan fingerprint density at radius 2 is 2.00 bits per heavy atom. The fourth-order valence-corrected chi connectivity index (χ4v) is 6.28. The van der Waals surface area contributed by atoms with Crippen LogP contribution >= 0.6 is 0 Å². The summed E-state index contributed by atoms with van der Waals surface area (Å²) in [6, 6.07) is 10.2. The van der Waals surface area contributed by atoms with Crippen LogP contribution in [-0.4, -0.2) is 49.0 Å². The number of sulfonamides is 1. The number of fused-ring (bicyclic) bond motifs is 1. The molecule has 5 rings (SSSR count). The van der Waals surface area contributed by atoms with Gasteiger partial charge in [0.1, 0.15) is 11.6 Å². The lowest BCUT2D eigenvalue weighted by Crippen LogP contribution is -2.41. The van der Waals surface area contributed by atoms with Crippen molar-refractivity contribution in [1.29, 1.82) is 0 Å². The van der Waals surface area contributed by atoms with Crippen molar-refractivity contribution in [2.24, 2.45) is 13.0 Å². The number of rotatable bonds is 9. The number of hydrogen-bond donors (Lipinski definition) is 1. The molecule has 0 spiro atoms. The summed E-state index contributed by atoms with van der Waals surface area (Å²) in [5, 5.41) is -0.0570. The highest BCUT2D eigenvalue weighted by molar-refractivity contribution is 7.89. The van der Waals surface area contributed by atoms with Gasteiger partial charge >= 0.3 is 0 Å². The molecule has 35 heavy (non-hydrogen) atoms. The number of benzene rings is 2. The second-order valence-electron chi connectivity index (χ2n) is 9.73. The van der Waals surface area contributed by atoms with E-state index in [9.17, 15) is 12.8 Å². The molecule has 0 bridgehead atoms. The van der Waals surface area contributed by atoms with Crippen LogP contribution in [0.3, 0.4) is 0 Å². The molecular formula is C26H30F2N4O2S. The molecule has 1 aromatic heterocycles. The zero-order valence-electron chi connectivity index (χ0n) is 19.8. The fourth-order valence-electron chi connectivity index (χ4n) is 5.27. The molecule has 3 aromatic rings. The Labute approximate surface area is 205 Å². The Kier molecular flexibility index (Phi) is 6.74. The highest BCUT2D eigenvalue weighted by Crippen LogP contribution is 2.42. The summed E-state index contributed by atoms with van der Waals surface area (Å²) in [6.45, 7) is 3.21. The highest BCUT2D eigenvalue weighted by atomic mass is 32.2. The lowest BCUT2D eigenvalue weighted by molar-refractivity contribution is 0.145. The largest absolute Gasteiger partial charge is 0.339 e. The van der Waals surface area contributed by atoms with Gasteiger partial charge in [0.15, 0.2) is 5.03 Å². The maximum Gasteiger partial charge on any atom is 0.259 e. The van der Waals surface area contributed by atoms with E-state index in [1.54, 1.807) is 29.8 Å². The van der Waals surface area contributed by atoms with Crippen molar-refractivity contribution in [1.82, 2.24) is 19.2 Å². The van der Waals surface area contributed by atoms with Crippen molar-refractivity contribution in [3.63, 3.8) is 0 Å². The predicted molar refractivity (Wildman–Crippen MR) is 130 cm³/mol. The van der Waals surface area contributed by atoms with Gasteiger partial charge in [0, 0.05) is 26.3 Å². The summed E-state index contributed by atoms with van der Waals surface area (Å²) in [7, 11) is -2.06. The molecule has 2 heterocycles. The van der Waals surface area contributed by atoms with Crippen LogP contribution < -0.4 is 4.72 Å². The maximum atomic E-state index is 15.0. The smallest absolute Gasteiger partial charge is 0.259 e. The monoisotopic (exact) mass is 500 g/mol. The molecule has 0 amide bonds. The van der Waals surface area contributed by atoms with Crippen molar-refractivity contribution >= 4 is 10.0 Å². The average Bonchev–Trinajstić information content (AvgIpc) is 3.35. The van der Waals surface area contributed by atoms with Gasteiger partial charge in [0.05, 0.1) is 6.33 Å². The molecule has 2 unspecified atom stereocenters. The number of likely N-dealkylation sites (tertiary alicyclic amines) is 1. The minimum atomic E-state index is -3.75. The lowest BCUT2D eigenvalue weighted by atomic mass is 9.85. The summed E-state index contributed by atoms with van der Waals surface area (Å²) in [6.07, 6.45) is 5.78. The molecule has 2 aliphatic rings. The first kappa shape index (κ1) is 24.1. The van der Waals surface area contributed by atoms with Gasteiger partial charge in [0.2, 0.25) is 0 Å². The Morgan fingerprint density at radius 1 is 1.17 bits per heavy atom. The quantitative estimate of drug-likeness (QED) is 0.489. The molecule has 1 saturated heterocycles. The van der Waals surface area contributed by atoms with Crippen LogP contribution in [0.25, 0.3) is 0 Å². The molecule has 6 nitrogen and oxygen atoms in total. The number of aryl methyl sites for hydroxylation is 1. The third-order valence-electron chi connectivity index (χ3n) is 7.19. The second kappa shape index (κ2) is 9.79. The Morgan fingerprint density at radius 3 is 2.69 bits per heavy atom. The van der Waals surface area contributed by atoms with Crippen LogP contribution in [0.2, 0.25) is 0 Å². The van der Waals surface area contributed by atoms with Gasteiger partial charge in [-0.15, -0.1) is 0 Å². The fraction of sp³-hybridized carbons (Fsp3) is 0.423. The highest BCUT2D eigenvalue weighted by Gasteiger charge is 2.35. The van der Waals surface area contributed by atoms with Gasteiger partial charge < -0.3 is 9.47 Å². The molecule has 0 saturated carbocycles. The van der Waals surface area contributed by atoms with Crippen LogP contribution in [0.15, 0.2) is 53.9 Å². The summed E-state index contributed by atoms with van der Waals surface area (Å²) in [5.74, 6) is -0.0577. The van der Waals surface area contributed by atoms with Crippen LogP contribution in [0, 0.1) is 17.6 Å². The number of halogens is 2. The van der Waals surface area contributed by atoms with Crippen molar-refractivity contribution in [2.45, 2.75) is 36.6 Å². The first-order valence-corrected chi connectivity index (χ1v) is 13.5. The molecule has 1 aliphatic carbocycles. The molecule has 1 fully saturated rings. The van der Waals surface area contributed by atoms with E-state index in [0.29, 0.717) is 17.9 Å². The summed E-state index contributed by atoms with van der Waals surface area (Å²) < 4.78 is 57.9. The Hall–Kier alpha value is -2.62. The van der Waals surface area contributed by atoms with E-state index < -0.39 is 10.0 Å². The van der Waals surface area contributed by atoms with E-state index in [4.69, 9.17) is 0 Å². The Balaban J connectivity index is 1.35. The van der Waals surface area contributed by atoms with Crippen LogP contribution in [0.1, 0.15) is 34.6 Å². The third-order valence-corrected chi connectivity index (χ3v) is 8.53. The van der Waals surface area contributed by atoms with Crippen molar-refractivity contribution in [3.05, 3.63) is 82.8 Å². The second-order valence-corrected chi connectivity index (χ2v) is 11.4. The van der Waals surface area contributed by atoms with Gasteiger partial charge in [-0.25, -0.2) is 26.9 Å².